The third-order valence-electron chi connectivity index (χ3n) is 3.54. The maximum Gasteiger partial charge on any atom is 0.197 e. The van der Waals surface area contributed by atoms with E-state index < -0.39 is 0 Å². The first-order chi connectivity index (χ1) is 10.7. The fraction of sp³-hybridized carbons (Fsp3) is 0.444. The second-order valence-corrected chi connectivity index (χ2v) is 6.13. The van der Waals surface area contributed by atoms with Crippen LogP contribution in [0.2, 0.25) is 0 Å². The molecular formula is C18H24O3S. The van der Waals surface area contributed by atoms with E-state index in [1.54, 1.807) is 11.3 Å². The average Bonchev–Trinajstić information content (AvgIpc) is 3.05. The van der Waals surface area contributed by atoms with Crippen LogP contribution in [0.3, 0.4) is 0 Å². The molecular weight excluding hydrogens is 296 g/mol. The zero-order valence-electron chi connectivity index (χ0n) is 13.5. The van der Waals surface area contributed by atoms with Crippen molar-refractivity contribution in [1.29, 1.82) is 0 Å². The summed E-state index contributed by atoms with van der Waals surface area (Å²) in [4.78, 5) is 0. The minimum Gasteiger partial charge on any atom is -0.482 e. The van der Waals surface area contributed by atoms with E-state index in [9.17, 15) is 0 Å². The van der Waals surface area contributed by atoms with E-state index in [1.165, 1.54) is 5.56 Å². The average molecular weight is 320 g/mol. The van der Waals surface area contributed by atoms with Gasteiger partial charge in [0.15, 0.2) is 11.4 Å². The van der Waals surface area contributed by atoms with Crippen molar-refractivity contribution in [2.45, 2.75) is 39.4 Å². The molecule has 1 heterocycles. The largest absolute Gasteiger partial charge is 0.482 e. The first-order valence-corrected chi connectivity index (χ1v) is 8.61. The van der Waals surface area contributed by atoms with E-state index in [2.05, 4.69) is 26.0 Å². The Kier molecular flexibility index (Phi) is 6.74. The Morgan fingerprint density at radius 2 is 1.82 bits per heavy atom. The van der Waals surface area contributed by atoms with Crippen LogP contribution in [0.15, 0.2) is 41.8 Å². The lowest BCUT2D eigenvalue weighted by Crippen LogP contribution is -2.19. The number of rotatable bonds is 9. The smallest absolute Gasteiger partial charge is 0.197 e. The standard InChI is InChI=1S/C18H24O3S/c1-4-14(2)16-7-9-17(10-8-16)21-15(3)19-11-12-20-18-6-5-13-22-18/h5-10,13-15H,4,11-12H2,1-3H3. The van der Waals surface area contributed by atoms with Gasteiger partial charge in [-0.2, -0.15) is 0 Å². The summed E-state index contributed by atoms with van der Waals surface area (Å²) in [7, 11) is 0. The van der Waals surface area contributed by atoms with Gasteiger partial charge in [0.2, 0.25) is 0 Å². The summed E-state index contributed by atoms with van der Waals surface area (Å²) in [6, 6.07) is 12.2. The summed E-state index contributed by atoms with van der Waals surface area (Å²) < 4.78 is 16.9. The second-order valence-electron chi connectivity index (χ2n) is 5.22. The Morgan fingerprint density at radius 1 is 1.05 bits per heavy atom. The van der Waals surface area contributed by atoms with Crippen molar-refractivity contribution in [2.24, 2.45) is 0 Å². The molecule has 0 bridgehead atoms. The number of ether oxygens (including phenoxy) is 3. The molecule has 2 aromatic rings. The minimum absolute atomic E-state index is 0.290. The normalized spacial score (nSPS) is 13.6. The molecule has 2 rings (SSSR count). The van der Waals surface area contributed by atoms with Crippen molar-refractivity contribution in [2.75, 3.05) is 13.2 Å². The van der Waals surface area contributed by atoms with Crippen LogP contribution in [-0.2, 0) is 4.74 Å². The van der Waals surface area contributed by atoms with Crippen molar-refractivity contribution in [1.82, 2.24) is 0 Å². The molecule has 2 atom stereocenters. The lowest BCUT2D eigenvalue weighted by atomic mass is 9.99. The van der Waals surface area contributed by atoms with Gasteiger partial charge in [-0.25, -0.2) is 0 Å². The maximum atomic E-state index is 5.74. The fourth-order valence-corrected chi connectivity index (χ4v) is 2.64. The molecule has 1 aromatic heterocycles. The zero-order chi connectivity index (χ0) is 15.8. The molecule has 0 aliphatic rings. The van der Waals surface area contributed by atoms with Gasteiger partial charge in [0.1, 0.15) is 12.4 Å². The van der Waals surface area contributed by atoms with Crippen LogP contribution < -0.4 is 9.47 Å². The minimum atomic E-state index is -0.290. The summed E-state index contributed by atoms with van der Waals surface area (Å²) >= 11 is 1.58. The Morgan fingerprint density at radius 3 is 2.45 bits per heavy atom. The molecule has 0 fully saturated rings. The molecule has 0 spiro atoms. The highest BCUT2D eigenvalue weighted by atomic mass is 32.1. The Balaban J connectivity index is 1.68. The van der Waals surface area contributed by atoms with Crippen LogP contribution in [0.25, 0.3) is 0 Å². The summed E-state index contributed by atoms with van der Waals surface area (Å²) in [6.07, 6.45) is 0.852. The van der Waals surface area contributed by atoms with Crippen molar-refractivity contribution >= 4 is 11.3 Å². The second kappa shape index (κ2) is 8.81. The number of benzene rings is 1. The van der Waals surface area contributed by atoms with E-state index in [0.717, 1.165) is 17.2 Å². The summed E-state index contributed by atoms with van der Waals surface area (Å²) in [5.74, 6) is 1.41. The molecule has 0 saturated carbocycles. The Hall–Kier alpha value is -1.52. The van der Waals surface area contributed by atoms with Gasteiger partial charge in [0.05, 0.1) is 6.61 Å². The molecule has 0 aliphatic carbocycles. The highest BCUT2D eigenvalue weighted by Gasteiger charge is 2.06. The topological polar surface area (TPSA) is 27.7 Å². The van der Waals surface area contributed by atoms with Crippen LogP contribution >= 0.6 is 11.3 Å². The lowest BCUT2D eigenvalue weighted by molar-refractivity contribution is -0.0736. The molecule has 0 aliphatic heterocycles. The molecule has 4 heteroatoms. The Labute approximate surface area is 136 Å². The first-order valence-electron chi connectivity index (χ1n) is 7.73. The van der Waals surface area contributed by atoms with Crippen LogP contribution in [-0.4, -0.2) is 19.5 Å². The highest BCUT2D eigenvalue weighted by Crippen LogP contribution is 2.22. The van der Waals surface area contributed by atoms with Gasteiger partial charge < -0.3 is 14.2 Å². The molecule has 0 amide bonds. The van der Waals surface area contributed by atoms with E-state index in [1.807, 2.05) is 36.6 Å². The van der Waals surface area contributed by atoms with E-state index in [0.29, 0.717) is 19.1 Å². The van der Waals surface area contributed by atoms with Gasteiger partial charge in [-0.3, -0.25) is 0 Å². The molecule has 120 valence electrons. The van der Waals surface area contributed by atoms with Crippen LogP contribution in [0.1, 0.15) is 38.7 Å². The third kappa shape index (κ3) is 5.35. The van der Waals surface area contributed by atoms with Gasteiger partial charge in [-0.1, -0.05) is 26.0 Å². The number of thiophene rings is 1. The van der Waals surface area contributed by atoms with Gasteiger partial charge in [-0.15, -0.1) is 11.3 Å². The lowest BCUT2D eigenvalue weighted by Gasteiger charge is -2.16. The van der Waals surface area contributed by atoms with Gasteiger partial charge in [0, 0.05) is 0 Å². The molecule has 0 saturated heterocycles. The van der Waals surface area contributed by atoms with E-state index in [-0.39, 0.29) is 6.29 Å². The fourth-order valence-electron chi connectivity index (χ4n) is 2.04. The van der Waals surface area contributed by atoms with Gasteiger partial charge in [-0.05, 0) is 54.5 Å². The SMILES string of the molecule is CCC(C)c1ccc(OC(C)OCCOc2cccs2)cc1. The molecule has 3 nitrogen and oxygen atoms in total. The Bertz CT molecular complexity index is 522. The van der Waals surface area contributed by atoms with Crippen molar-refractivity contribution in [3.8, 4) is 10.8 Å². The van der Waals surface area contributed by atoms with Crippen molar-refractivity contribution in [3.05, 3.63) is 47.3 Å². The quantitative estimate of drug-likeness (QED) is 0.476. The molecule has 0 N–H and O–H groups in total. The number of hydrogen-bond donors (Lipinski definition) is 0. The van der Waals surface area contributed by atoms with Crippen LogP contribution in [0.5, 0.6) is 10.8 Å². The third-order valence-corrected chi connectivity index (χ3v) is 4.32. The van der Waals surface area contributed by atoms with Crippen molar-refractivity contribution < 1.29 is 14.2 Å². The predicted molar refractivity (Wildman–Crippen MR) is 91.0 cm³/mol. The summed E-state index contributed by atoms with van der Waals surface area (Å²) in [6.45, 7) is 7.36. The van der Waals surface area contributed by atoms with Crippen LogP contribution in [0.4, 0.5) is 0 Å². The number of hydrogen-bond acceptors (Lipinski definition) is 4. The maximum absolute atomic E-state index is 5.74. The van der Waals surface area contributed by atoms with Gasteiger partial charge >= 0.3 is 0 Å². The van der Waals surface area contributed by atoms with Crippen LogP contribution in [0, 0.1) is 0 Å². The molecule has 0 radical (unpaired) electrons. The van der Waals surface area contributed by atoms with Crippen molar-refractivity contribution in [3.63, 3.8) is 0 Å². The molecule has 1 aromatic carbocycles. The van der Waals surface area contributed by atoms with Gasteiger partial charge in [0.25, 0.3) is 0 Å². The highest BCUT2D eigenvalue weighted by molar-refractivity contribution is 7.11. The first kappa shape index (κ1) is 16.8. The van der Waals surface area contributed by atoms with E-state index >= 15 is 0 Å². The molecule has 22 heavy (non-hydrogen) atoms. The summed E-state index contributed by atoms with van der Waals surface area (Å²) in [5.41, 5.74) is 1.34. The monoisotopic (exact) mass is 320 g/mol. The zero-order valence-corrected chi connectivity index (χ0v) is 14.3. The summed E-state index contributed by atoms with van der Waals surface area (Å²) in [5, 5.41) is 2.91. The molecule has 2 unspecified atom stereocenters. The predicted octanol–water partition coefficient (Wildman–Crippen LogP) is 5.08. The van der Waals surface area contributed by atoms with E-state index in [4.69, 9.17) is 14.2 Å².